The van der Waals surface area contributed by atoms with E-state index < -0.39 is 0 Å². The summed E-state index contributed by atoms with van der Waals surface area (Å²) < 4.78 is 5.91. The van der Waals surface area contributed by atoms with Gasteiger partial charge in [0.25, 0.3) is 0 Å². The summed E-state index contributed by atoms with van der Waals surface area (Å²) in [5.74, 6) is 0.823. The first-order valence-corrected chi connectivity index (χ1v) is 7.84. The maximum absolute atomic E-state index is 6.30. The lowest BCUT2D eigenvalue weighted by molar-refractivity contribution is 0.199. The molecule has 0 amide bonds. The van der Waals surface area contributed by atoms with Crippen LogP contribution < -0.4 is 5.73 Å². The third-order valence-electron chi connectivity index (χ3n) is 3.33. The number of nitrogens with two attached hydrogens (primary N) is 1. The van der Waals surface area contributed by atoms with Crippen molar-refractivity contribution in [2.75, 3.05) is 7.05 Å². The van der Waals surface area contributed by atoms with E-state index >= 15 is 0 Å². The third kappa shape index (κ3) is 3.61. The van der Waals surface area contributed by atoms with E-state index in [1.54, 1.807) is 11.3 Å². The van der Waals surface area contributed by atoms with Crippen molar-refractivity contribution in [2.24, 2.45) is 5.73 Å². The zero-order chi connectivity index (χ0) is 14.7. The highest BCUT2D eigenvalue weighted by Gasteiger charge is 2.25. The minimum atomic E-state index is 0.0581. The summed E-state index contributed by atoms with van der Waals surface area (Å²) in [5, 5.41) is 4.04. The smallest absolute Gasteiger partial charge is 0.133 e. The molecule has 2 rings (SSSR count). The Balaban J connectivity index is 2.17. The lowest BCUT2D eigenvalue weighted by Gasteiger charge is -2.31. The molecule has 0 bridgehead atoms. The van der Waals surface area contributed by atoms with Crippen LogP contribution in [0.5, 0.6) is 0 Å². The van der Waals surface area contributed by atoms with Gasteiger partial charge in [0.05, 0.1) is 16.1 Å². The molecule has 0 radical (unpaired) electrons. The highest BCUT2D eigenvalue weighted by molar-refractivity contribution is 7.16. The Labute approximate surface area is 128 Å². The lowest BCUT2D eigenvalue weighted by atomic mass is 10.0. The minimum Gasteiger partial charge on any atom is -0.361 e. The van der Waals surface area contributed by atoms with Crippen molar-refractivity contribution in [3.63, 3.8) is 0 Å². The number of aromatic nitrogens is 1. The highest BCUT2D eigenvalue weighted by Crippen LogP contribution is 2.33. The van der Waals surface area contributed by atoms with E-state index in [1.807, 2.05) is 19.1 Å². The molecule has 6 heteroatoms. The van der Waals surface area contributed by atoms with Gasteiger partial charge in [0.15, 0.2) is 0 Å². The van der Waals surface area contributed by atoms with Crippen molar-refractivity contribution in [1.29, 1.82) is 0 Å². The molecule has 2 N–H and O–H groups in total. The SMILES string of the molecule is CCC(N)C(c1ccc(Cl)s1)N(C)Cc1cc(C)on1. The molecule has 0 saturated carbocycles. The van der Waals surface area contributed by atoms with Gasteiger partial charge in [-0.2, -0.15) is 0 Å². The van der Waals surface area contributed by atoms with Gasteiger partial charge in [-0.15, -0.1) is 11.3 Å². The van der Waals surface area contributed by atoms with E-state index in [0.29, 0.717) is 6.54 Å². The summed E-state index contributed by atoms with van der Waals surface area (Å²) in [6, 6.07) is 6.12. The van der Waals surface area contributed by atoms with Crippen LogP contribution in [0, 0.1) is 6.92 Å². The maximum atomic E-state index is 6.30. The van der Waals surface area contributed by atoms with Gasteiger partial charge in [-0.25, -0.2) is 0 Å². The fourth-order valence-electron chi connectivity index (χ4n) is 2.31. The molecule has 0 aromatic carbocycles. The Hall–Kier alpha value is -0.880. The van der Waals surface area contributed by atoms with Gasteiger partial charge in [0, 0.05) is 23.5 Å². The van der Waals surface area contributed by atoms with Crippen molar-refractivity contribution >= 4 is 22.9 Å². The summed E-state index contributed by atoms with van der Waals surface area (Å²) in [4.78, 5) is 3.39. The molecule has 0 aliphatic heterocycles. The maximum Gasteiger partial charge on any atom is 0.133 e. The molecule has 0 spiro atoms. The molecule has 0 saturated heterocycles. The van der Waals surface area contributed by atoms with Crippen molar-refractivity contribution in [2.45, 2.75) is 38.9 Å². The average Bonchev–Trinajstić information content (AvgIpc) is 2.99. The molecule has 0 fully saturated rings. The number of thiophene rings is 1. The number of likely N-dealkylation sites (N-methyl/N-ethyl adjacent to an activating group) is 1. The molecule has 2 heterocycles. The van der Waals surface area contributed by atoms with E-state index in [0.717, 1.165) is 22.2 Å². The van der Waals surface area contributed by atoms with Crippen LogP contribution in [0.2, 0.25) is 4.34 Å². The largest absolute Gasteiger partial charge is 0.361 e. The zero-order valence-corrected chi connectivity index (χ0v) is 13.5. The summed E-state index contributed by atoms with van der Waals surface area (Å²) in [5.41, 5.74) is 7.21. The molecule has 2 unspecified atom stereocenters. The van der Waals surface area contributed by atoms with Crippen LogP contribution in [0.3, 0.4) is 0 Å². The normalized spacial score (nSPS) is 14.7. The second-order valence-corrected chi connectivity index (χ2v) is 6.75. The van der Waals surface area contributed by atoms with Crippen molar-refractivity contribution in [1.82, 2.24) is 10.1 Å². The fourth-order valence-corrected chi connectivity index (χ4v) is 3.61. The first-order chi connectivity index (χ1) is 9.51. The molecule has 2 aromatic heterocycles. The predicted octanol–water partition coefficient (Wildman–Crippen LogP) is 3.61. The van der Waals surface area contributed by atoms with E-state index in [2.05, 4.69) is 30.1 Å². The van der Waals surface area contributed by atoms with Crippen LogP contribution in [0.1, 0.15) is 35.7 Å². The number of aryl methyl sites for hydroxylation is 1. The molecule has 20 heavy (non-hydrogen) atoms. The van der Waals surface area contributed by atoms with E-state index in [4.69, 9.17) is 21.9 Å². The van der Waals surface area contributed by atoms with E-state index in [1.165, 1.54) is 4.88 Å². The number of hydrogen-bond acceptors (Lipinski definition) is 5. The number of halogens is 1. The van der Waals surface area contributed by atoms with Crippen LogP contribution in [0.15, 0.2) is 22.7 Å². The van der Waals surface area contributed by atoms with Crippen LogP contribution in [-0.2, 0) is 6.54 Å². The van der Waals surface area contributed by atoms with Crippen LogP contribution in [-0.4, -0.2) is 23.1 Å². The molecular formula is C14H20ClN3OS. The Bertz CT molecular complexity index is 554. The van der Waals surface area contributed by atoms with Gasteiger partial charge in [-0.1, -0.05) is 23.7 Å². The van der Waals surface area contributed by atoms with Crippen LogP contribution in [0.25, 0.3) is 0 Å². The predicted molar refractivity (Wildman–Crippen MR) is 83.0 cm³/mol. The topological polar surface area (TPSA) is 55.3 Å². The van der Waals surface area contributed by atoms with Crippen molar-refractivity contribution < 1.29 is 4.52 Å². The van der Waals surface area contributed by atoms with Gasteiger partial charge in [0.2, 0.25) is 0 Å². The number of rotatable bonds is 6. The fraction of sp³-hybridized carbons (Fsp3) is 0.500. The summed E-state index contributed by atoms with van der Waals surface area (Å²) in [6.07, 6.45) is 0.905. The molecular weight excluding hydrogens is 294 g/mol. The van der Waals surface area contributed by atoms with Gasteiger partial charge in [-0.3, -0.25) is 4.90 Å². The highest BCUT2D eigenvalue weighted by atomic mass is 35.5. The molecule has 2 aromatic rings. The van der Waals surface area contributed by atoms with Crippen LogP contribution >= 0.6 is 22.9 Å². The number of hydrogen-bond donors (Lipinski definition) is 1. The third-order valence-corrected chi connectivity index (χ3v) is 4.63. The summed E-state index contributed by atoms with van der Waals surface area (Å²) in [6.45, 7) is 4.69. The first kappa shape index (κ1) is 15.5. The van der Waals surface area contributed by atoms with Gasteiger partial charge >= 0.3 is 0 Å². The molecule has 2 atom stereocenters. The summed E-state index contributed by atoms with van der Waals surface area (Å²) >= 11 is 7.64. The Morgan fingerprint density at radius 1 is 1.50 bits per heavy atom. The molecule has 110 valence electrons. The Morgan fingerprint density at radius 3 is 2.75 bits per heavy atom. The van der Waals surface area contributed by atoms with Gasteiger partial charge in [-0.05, 0) is 32.5 Å². The zero-order valence-electron chi connectivity index (χ0n) is 12.0. The van der Waals surface area contributed by atoms with Gasteiger partial charge in [0.1, 0.15) is 5.76 Å². The van der Waals surface area contributed by atoms with Crippen LogP contribution in [0.4, 0.5) is 0 Å². The lowest BCUT2D eigenvalue weighted by Crippen LogP contribution is -2.38. The summed E-state index contributed by atoms with van der Waals surface area (Å²) in [7, 11) is 2.05. The first-order valence-electron chi connectivity index (χ1n) is 6.64. The number of nitrogens with zero attached hydrogens (tertiary/aromatic N) is 2. The van der Waals surface area contributed by atoms with Crippen molar-refractivity contribution in [3.8, 4) is 0 Å². The second-order valence-electron chi connectivity index (χ2n) is 5.00. The second kappa shape index (κ2) is 6.72. The standard InChI is InChI=1S/C14H20ClN3OS/c1-4-11(16)14(12-5-6-13(15)20-12)18(3)8-10-7-9(2)19-17-10/h5-7,11,14H,4,8,16H2,1-3H3. The quantitative estimate of drug-likeness (QED) is 0.885. The average molecular weight is 314 g/mol. The van der Waals surface area contributed by atoms with E-state index in [9.17, 15) is 0 Å². The Kier molecular flexibility index (Phi) is 5.21. The van der Waals surface area contributed by atoms with Gasteiger partial charge < -0.3 is 10.3 Å². The monoisotopic (exact) mass is 313 g/mol. The Morgan fingerprint density at radius 2 is 2.25 bits per heavy atom. The molecule has 0 aliphatic rings. The molecule has 4 nitrogen and oxygen atoms in total. The minimum absolute atomic E-state index is 0.0581. The van der Waals surface area contributed by atoms with Crippen molar-refractivity contribution in [3.05, 3.63) is 38.9 Å². The van der Waals surface area contributed by atoms with E-state index in [-0.39, 0.29) is 12.1 Å². The molecule has 0 aliphatic carbocycles.